The van der Waals surface area contributed by atoms with Gasteiger partial charge in [-0.15, -0.1) is 0 Å². The first-order valence-corrected chi connectivity index (χ1v) is 6.70. The molecule has 4 heterocycles. The van der Waals surface area contributed by atoms with Crippen LogP contribution in [0.5, 0.6) is 0 Å². The van der Waals surface area contributed by atoms with Crippen molar-refractivity contribution in [2.45, 2.75) is 6.42 Å². The zero-order valence-electron chi connectivity index (χ0n) is 10.3. The highest BCUT2D eigenvalue weighted by atomic mass is 16.3. The van der Waals surface area contributed by atoms with Crippen molar-refractivity contribution >= 4 is 16.8 Å². The van der Waals surface area contributed by atoms with E-state index >= 15 is 0 Å². The Morgan fingerprint density at radius 1 is 1.28 bits per heavy atom. The fraction of sp³-hybridized carbons (Fsp3) is 0.500. The Morgan fingerprint density at radius 2 is 2.22 bits per heavy atom. The molecule has 0 radical (unpaired) electrons. The van der Waals surface area contributed by atoms with E-state index in [0.29, 0.717) is 0 Å². The summed E-state index contributed by atoms with van der Waals surface area (Å²) < 4.78 is 5.46. The van der Waals surface area contributed by atoms with Gasteiger partial charge in [0.25, 0.3) is 0 Å². The summed E-state index contributed by atoms with van der Waals surface area (Å²) in [4.78, 5) is 6.99. The second-order valence-electron chi connectivity index (χ2n) is 5.38. The molecule has 0 amide bonds. The summed E-state index contributed by atoms with van der Waals surface area (Å²) in [6.07, 6.45) is 4.87. The van der Waals surface area contributed by atoms with Gasteiger partial charge in [0.2, 0.25) is 0 Å². The summed E-state index contributed by atoms with van der Waals surface area (Å²) in [6.45, 7) is 4.58. The highest BCUT2D eigenvalue weighted by molar-refractivity contribution is 5.88. The molecule has 2 aromatic rings. The van der Waals surface area contributed by atoms with Crippen molar-refractivity contribution in [1.82, 2.24) is 10.3 Å². The summed E-state index contributed by atoms with van der Waals surface area (Å²) >= 11 is 0. The highest BCUT2D eigenvalue weighted by Crippen LogP contribution is 2.32. The number of aromatic nitrogens is 1. The minimum atomic E-state index is 0.780. The summed E-state index contributed by atoms with van der Waals surface area (Å²) in [5.41, 5.74) is 0.937. The summed E-state index contributed by atoms with van der Waals surface area (Å²) in [5, 5.41) is 4.64. The minimum absolute atomic E-state index is 0.780. The molecule has 2 fully saturated rings. The lowest BCUT2D eigenvalue weighted by Gasteiger charge is -2.35. The third-order valence-electron chi connectivity index (χ3n) is 4.36. The van der Waals surface area contributed by atoms with Crippen molar-refractivity contribution < 1.29 is 4.42 Å². The Labute approximate surface area is 106 Å². The third kappa shape index (κ3) is 1.52. The minimum Gasteiger partial charge on any atom is -0.464 e. The quantitative estimate of drug-likeness (QED) is 0.830. The molecule has 1 N–H and O–H groups in total. The molecule has 94 valence electrons. The van der Waals surface area contributed by atoms with Gasteiger partial charge in [0.15, 0.2) is 0 Å². The van der Waals surface area contributed by atoms with Gasteiger partial charge in [-0.1, -0.05) is 0 Å². The van der Waals surface area contributed by atoms with Crippen molar-refractivity contribution in [3.05, 3.63) is 24.6 Å². The fourth-order valence-electron chi connectivity index (χ4n) is 3.36. The monoisotopic (exact) mass is 243 g/mol. The van der Waals surface area contributed by atoms with Crippen molar-refractivity contribution in [3.8, 4) is 0 Å². The van der Waals surface area contributed by atoms with Crippen LogP contribution in [0.4, 0.5) is 5.82 Å². The number of nitrogens with zero attached hydrogens (tertiary/aromatic N) is 2. The van der Waals surface area contributed by atoms with Gasteiger partial charge in [-0.05, 0) is 43.5 Å². The number of furan rings is 1. The van der Waals surface area contributed by atoms with E-state index in [9.17, 15) is 0 Å². The zero-order valence-corrected chi connectivity index (χ0v) is 10.3. The topological polar surface area (TPSA) is 41.3 Å². The predicted octanol–water partition coefficient (Wildman–Crippen LogP) is 1.87. The lowest BCUT2D eigenvalue weighted by Crippen LogP contribution is -2.40. The van der Waals surface area contributed by atoms with Gasteiger partial charge in [0, 0.05) is 19.3 Å². The van der Waals surface area contributed by atoms with Gasteiger partial charge in [0.1, 0.15) is 11.4 Å². The van der Waals surface area contributed by atoms with Crippen molar-refractivity contribution in [2.75, 3.05) is 31.1 Å². The molecule has 0 spiro atoms. The second-order valence-corrected chi connectivity index (χ2v) is 5.38. The standard InChI is InChI=1S/C14H17N3O/c1-4-16-14(12-3-6-18-13(1)12)17-5-2-10-7-15-8-11(10)9-17/h1,3-4,6,10-11,15H,2,5,7-9H2. The van der Waals surface area contributed by atoms with Gasteiger partial charge < -0.3 is 14.6 Å². The van der Waals surface area contributed by atoms with Gasteiger partial charge >= 0.3 is 0 Å². The van der Waals surface area contributed by atoms with E-state index in [1.807, 2.05) is 18.3 Å². The van der Waals surface area contributed by atoms with E-state index in [2.05, 4.69) is 15.2 Å². The molecule has 0 aliphatic carbocycles. The first-order valence-electron chi connectivity index (χ1n) is 6.70. The molecular formula is C14H17N3O. The average molecular weight is 243 g/mol. The Hall–Kier alpha value is -1.55. The van der Waals surface area contributed by atoms with Crippen LogP contribution in [-0.4, -0.2) is 31.2 Å². The Balaban J connectivity index is 1.68. The molecule has 4 heteroatoms. The van der Waals surface area contributed by atoms with E-state index in [1.165, 1.54) is 13.0 Å². The Bertz CT molecular complexity index is 565. The number of pyridine rings is 1. The number of piperidine rings is 1. The van der Waals surface area contributed by atoms with Gasteiger partial charge in [-0.2, -0.15) is 0 Å². The lowest BCUT2D eigenvalue weighted by atomic mass is 9.88. The molecule has 4 nitrogen and oxygen atoms in total. The smallest absolute Gasteiger partial charge is 0.139 e. The summed E-state index contributed by atoms with van der Waals surface area (Å²) in [7, 11) is 0. The van der Waals surface area contributed by atoms with Crippen molar-refractivity contribution in [3.63, 3.8) is 0 Å². The molecular weight excluding hydrogens is 226 g/mol. The first-order chi connectivity index (χ1) is 8.92. The van der Waals surface area contributed by atoms with Crippen LogP contribution in [0.25, 0.3) is 11.0 Å². The number of hydrogen-bond donors (Lipinski definition) is 1. The second kappa shape index (κ2) is 3.99. The number of anilines is 1. The van der Waals surface area contributed by atoms with Crippen LogP contribution in [0.3, 0.4) is 0 Å². The van der Waals surface area contributed by atoms with Crippen LogP contribution in [0.1, 0.15) is 6.42 Å². The van der Waals surface area contributed by atoms with E-state index in [1.54, 1.807) is 6.26 Å². The summed E-state index contributed by atoms with van der Waals surface area (Å²) in [6, 6.07) is 3.96. The van der Waals surface area contributed by atoms with Gasteiger partial charge in [-0.3, -0.25) is 0 Å². The molecule has 2 atom stereocenters. The number of fused-ring (bicyclic) bond motifs is 2. The van der Waals surface area contributed by atoms with Crippen LogP contribution < -0.4 is 10.2 Å². The van der Waals surface area contributed by atoms with Gasteiger partial charge in [-0.25, -0.2) is 4.98 Å². The third-order valence-corrected chi connectivity index (χ3v) is 4.36. The van der Waals surface area contributed by atoms with Gasteiger partial charge in [0.05, 0.1) is 11.6 Å². The maximum absolute atomic E-state index is 5.46. The molecule has 2 saturated heterocycles. The lowest BCUT2D eigenvalue weighted by molar-refractivity contribution is 0.348. The molecule has 2 aliphatic rings. The Kier molecular flexibility index (Phi) is 2.30. The molecule has 2 unspecified atom stereocenters. The maximum Gasteiger partial charge on any atom is 0.139 e. The summed E-state index contributed by atoms with van der Waals surface area (Å²) in [5.74, 6) is 2.74. The fourth-order valence-corrected chi connectivity index (χ4v) is 3.36. The van der Waals surface area contributed by atoms with Crippen LogP contribution in [0.2, 0.25) is 0 Å². The maximum atomic E-state index is 5.46. The number of hydrogen-bond acceptors (Lipinski definition) is 4. The van der Waals surface area contributed by atoms with E-state index in [4.69, 9.17) is 4.42 Å². The van der Waals surface area contributed by atoms with Crippen LogP contribution in [-0.2, 0) is 0 Å². The molecule has 4 rings (SSSR count). The SMILES string of the molecule is c1cc2occc2c(N2CCC3CNCC3C2)n1. The number of nitrogens with one attached hydrogen (secondary N) is 1. The first kappa shape index (κ1) is 10.4. The molecule has 18 heavy (non-hydrogen) atoms. The zero-order chi connectivity index (χ0) is 11.9. The van der Waals surface area contributed by atoms with Crippen LogP contribution in [0, 0.1) is 11.8 Å². The van der Waals surface area contributed by atoms with Crippen LogP contribution >= 0.6 is 0 Å². The molecule has 0 saturated carbocycles. The largest absolute Gasteiger partial charge is 0.464 e. The van der Waals surface area contributed by atoms with Crippen LogP contribution in [0.15, 0.2) is 29.0 Å². The molecule has 2 aromatic heterocycles. The normalized spacial score (nSPS) is 27.7. The Morgan fingerprint density at radius 3 is 3.22 bits per heavy atom. The molecule has 0 bridgehead atoms. The molecule has 2 aliphatic heterocycles. The highest BCUT2D eigenvalue weighted by Gasteiger charge is 2.33. The van der Waals surface area contributed by atoms with E-state index in [-0.39, 0.29) is 0 Å². The van der Waals surface area contributed by atoms with Crippen molar-refractivity contribution in [2.24, 2.45) is 11.8 Å². The average Bonchev–Trinajstić information content (AvgIpc) is 3.05. The molecule has 0 aromatic carbocycles. The predicted molar refractivity (Wildman–Crippen MR) is 70.7 cm³/mol. The van der Waals surface area contributed by atoms with Crippen molar-refractivity contribution in [1.29, 1.82) is 0 Å². The van der Waals surface area contributed by atoms with E-state index < -0.39 is 0 Å². The number of rotatable bonds is 1. The van der Waals surface area contributed by atoms with E-state index in [0.717, 1.165) is 48.3 Å².